The third kappa shape index (κ3) is 4.65. The summed E-state index contributed by atoms with van der Waals surface area (Å²) in [5.74, 6) is -1.03. The molecule has 43 heavy (non-hydrogen) atoms. The summed E-state index contributed by atoms with van der Waals surface area (Å²) in [5, 5.41) is -0.802. The normalized spacial score (nSPS) is 17.8. The highest BCUT2D eigenvalue weighted by molar-refractivity contribution is 6.10. The average Bonchev–Trinajstić information content (AvgIpc) is 3.68. The molecule has 0 saturated heterocycles. The lowest BCUT2D eigenvalue weighted by Gasteiger charge is -2.08. The van der Waals surface area contributed by atoms with Crippen molar-refractivity contribution in [1.29, 1.82) is 0 Å². The molecular formula is C39H25N3O. The van der Waals surface area contributed by atoms with Gasteiger partial charge in [0, 0.05) is 33.0 Å². The van der Waals surface area contributed by atoms with Gasteiger partial charge in [-0.3, -0.25) is 0 Å². The van der Waals surface area contributed by atoms with Crippen LogP contribution in [0, 0.1) is 0 Å². The van der Waals surface area contributed by atoms with Crippen molar-refractivity contribution in [2.75, 3.05) is 0 Å². The van der Waals surface area contributed by atoms with Crippen molar-refractivity contribution in [3.63, 3.8) is 0 Å². The fourth-order valence-electron chi connectivity index (χ4n) is 4.35. The topological polar surface area (TPSA) is 51.8 Å². The van der Waals surface area contributed by atoms with E-state index >= 15 is 0 Å². The van der Waals surface area contributed by atoms with Gasteiger partial charge in [-0.05, 0) is 34.8 Å². The molecule has 0 aliphatic heterocycles. The van der Waals surface area contributed by atoms with Gasteiger partial charge < -0.3 is 4.42 Å². The number of hydrogen-bond acceptors (Lipinski definition) is 4. The fraction of sp³-hybridized carbons (Fsp3) is 0. The van der Waals surface area contributed by atoms with Crippen LogP contribution in [-0.2, 0) is 0 Å². The summed E-state index contributed by atoms with van der Waals surface area (Å²) < 4.78 is 179. The van der Waals surface area contributed by atoms with E-state index in [1.165, 1.54) is 0 Å². The van der Waals surface area contributed by atoms with Crippen molar-refractivity contribution in [3.8, 4) is 56.4 Å². The molecule has 2 heterocycles. The molecule has 0 amide bonds. The van der Waals surface area contributed by atoms with Crippen molar-refractivity contribution >= 4 is 21.9 Å². The van der Waals surface area contributed by atoms with Crippen molar-refractivity contribution in [3.05, 3.63) is 151 Å². The first kappa shape index (κ1) is 11.8. The molecule has 8 rings (SSSR count). The zero-order valence-electron chi connectivity index (χ0n) is 41.6. The summed E-state index contributed by atoms with van der Waals surface area (Å²) in [6, 6.07) is -7.30. The molecule has 2 aromatic heterocycles. The lowest BCUT2D eigenvalue weighted by molar-refractivity contribution is 0.670. The molecule has 0 aliphatic carbocycles. The summed E-state index contributed by atoms with van der Waals surface area (Å²) in [6.45, 7) is 0. The molecule has 0 unspecified atom stereocenters. The summed E-state index contributed by atoms with van der Waals surface area (Å²) in [7, 11) is 0. The Morgan fingerprint density at radius 2 is 1.07 bits per heavy atom. The summed E-state index contributed by atoms with van der Waals surface area (Å²) in [6.07, 6.45) is 0. The first-order valence-electron chi connectivity index (χ1n) is 22.7. The van der Waals surface area contributed by atoms with Gasteiger partial charge in [-0.2, -0.15) is 0 Å². The SMILES string of the molecule is [2H]c1c([2H])c([2H])c(-c2nc(-c3ccccc3)nc(-c3c([2H])c([2H])c4c(oc5c(-c6c([2H])c([2H])c([2H])c(-c7c([2H])c([2H])c([2H])c([2H])c7[2H])c6[2H])c([2H])c([2H])c([2H])c54)c3[2H])n2)c([2H])c1[2H]. The van der Waals surface area contributed by atoms with Crippen molar-refractivity contribution in [1.82, 2.24) is 15.0 Å². The minimum atomic E-state index is -0.898. The molecule has 0 fully saturated rings. The van der Waals surface area contributed by atoms with Crippen LogP contribution in [0.4, 0.5) is 0 Å². The minimum absolute atomic E-state index is 0.115. The van der Waals surface area contributed by atoms with Crippen LogP contribution in [0.1, 0.15) is 27.4 Å². The second-order valence-electron chi connectivity index (χ2n) is 8.93. The Morgan fingerprint density at radius 3 is 1.84 bits per heavy atom. The summed E-state index contributed by atoms with van der Waals surface area (Å²) >= 11 is 0. The van der Waals surface area contributed by atoms with Crippen LogP contribution in [0.3, 0.4) is 0 Å². The maximum Gasteiger partial charge on any atom is 0.164 e. The number of hydrogen-bond donors (Lipinski definition) is 0. The molecule has 202 valence electrons. The van der Waals surface area contributed by atoms with Crippen LogP contribution < -0.4 is 0 Å². The standard InChI is InChI=1S/C39H25N3O/c1-4-12-26(13-5-1)29-18-10-19-30(24-29)32-20-11-21-34-33-23-22-31(25-35(33)43-36(32)34)39-41-37(27-14-6-2-7-15-27)40-38(42-39)28-16-8-3-9-17-28/h1-25H/i1D,2D,4D,5D,6D,7D,10D,11D,12D,13D,14D,15D,18D,19D,20D,21D,22D,23D,24D,25D. The van der Waals surface area contributed by atoms with Gasteiger partial charge in [0.2, 0.25) is 0 Å². The maximum atomic E-state index is 9.40. The molecule has 0 atom stereocenters. The Kier molecular flexibility index (Phi) is 2.88. The second-order valence-corrected chi connectivity index (χ2v) is 8.93. The van der Waals surface area contributed by atoms with Crippen LogP contribution in [0.2, 0.25) is 0 Å². The van der Waals surface area contributed by atoms with E-state index in [2.05, 4.69) is 15.0 Å². The van der Waals surface area contributed by atoms with Crippen LogP contribution >= 0.6 is 0 Å². The molecule has 0 aliphatic rings. The van der Waals surface area contributed by atoms with Gasteiger partial charge in [0.15, 0.2) is 17.5 Å². The van der Waals surface area contributed by atoms with Crippen molar-refractivity contribution in [2.45, 2.75) is 0 Å². The van der Waals surface area contributed by atoms with E-state index in [0.29, 0.717) is 5.56 Å². The third-order valence-corrected chi connectivity index (χ3v) is 6.30. The Balaban J connectivity index is 1.48. The molecule has 0 spiro atoms. The highest BCUT2D eigenvalue weighted by Gasteiger charge is 2.16. The predicted molar refractivity (Wildman–Crippen MR) is 174 cm³/mol. The number of benzene rings is 6. The molecule has 8 aromatic rings. The van der Waals surface area contributed by atoms with Crippen LogP contribution in [0.25, 0.3) is 78.4 Å². The first-order valence-corrected chi connectivity index (χ1v) is 12.7. The lowest BCUT2D eigenvalue weighted by Crippen LogP contribution is -2.00. The van der Waals surface area contributed by atoms with Gasteiger partial charge in [-0.15, -0.1) is 0 Å². The third-order valence-electron chi connectivity index (χ3n) is 6.30. The number of nitrogens with zero attached hydrogens (tertiary/aromatic N) is 3. The Bertz CT molecular complexity index is 3300. The van der Waals surface area contributed by atoms with Gasteiger partial charge in [0.05, 0.1) is 27.4 Å². The largest absolute Gasteiger partial charge is 0.455 e. The highest BCUT2D eigenvalue weighted by Crippen LogP contribution is 2.38. The van der Waals surface area contributed by atoms with Gasteiger partial charge >= 0.3 is 0 Å². The Morgan fingerprint density at radius 1 is 0.442 bits per heavy atom. The smallest absolute Gasteiger partial charge is 0.164 e. The number of para-hydroxylation sites is 1. The Hall–Kier alpha value is -5.87. The van der Waals surface area contributed by atoms with E-state index in [1.54, 1.807) is 30.3 Å². The van der Waals surface area contributed by atoms with Crippen LogP contribution in [0.15, 0.2) is 156 Å². The minimum Gasteiger partial charge on any atom is -0.455 e. The van der Waals surface area contributed by atoms with Gasteiger partial charge in [0.1, 0.15) is 11.2 Å². The monoisotopic (exact) mass is 571 g/mol. The van der Waals surface area contributed by atoms with Gasteiger partial charge in [0.25, 0.3) is 0 Å². The summed E-state index contributed by atoms with van der Waals surface area (Å²) in [5.41, 5.74) is -4.24. The van der Waals surface area contributed by atoms with E-state index in [1.807, 2.05) is 0 Å². The molecule has 0 saturated carbocycles. The van der Waals surface area contributed by atoms with E-state index in [4.69, 9.17) is 26.3 Å². The number of fused-ring (bicyclic) bond motifs is 3. The molecule has 6 aromatic carbocycles. The number of aromatic nitrogens is 3. The average molecular weight is 572 g/mol. The Labute approximate surface area is 277 Å². The molecule has 4 nitrogen and oxygen atoms in total. The van der Waals surface area contributed by atoms with Crippen LogP contribution in [0.5, 0.6) is 0 Å². The van der Waals surface area contributed by atoms with Crippen molar-refractivity contribution < 1.29 is 31.8 Å². The molecule has 4 heteroatoms. The van der Waals surface area contributed by atoms with Crippen LogP contribution in [-0.4, -0.2) is 15.0 Å². The maximum absolute atomic E-state index is 9.40. The fourth-order valence-corrected chi connectivity index (χ4v) is 4.35. The highest BCUT2D eigenvalue weighted by atomic mass is 16.3. The molecule has 0 bridgehead atoms. The predicted octanol–water partition coefficient (Wildman–Crippen LogP) is 10.1. The lowest BCUT2D eigenvalue weighted by atomic mass is 9.97. The quantitative estimate of drug-likeness (QED) is 0.206. The van der Waals surface area contributed by atoms with Gasteiger partial charge in [-0.25, -0.2) is 15.0 Å². The van der Waals surface area contributed by atoms with E-state index in [-0.39, 0.29) is 5.82 Å². The molecule has 0 radical (unpaired) electrons. The first-order chi connectivity index (χ1) is 29.6. The second kappa shape index (κ2) is 10.5. The zero-order chi connectivity index (χ0) is 46.0. The van der Waals surface area contributed by atoms with Gasteiger partial charge in [-0.1, -0.05) is 133 Å². The number of rotatable bonds is 5. The zero-order valence-corrected chi connectivity index (χ0v) is 21.6. The van der Waals surface area contributed by atoms with Crippen molar-refractivity contribution in [2.24, 2.45) is 0 Å². The molecular weight excluding hydrogens is 526 g/mol. The number of furan rings is 1. The van der Waals surface area contributed by atoms with E-state index in [9.17, 15) is 5.48 Å². The molecule has 0 N–H and O–H groups in total. The van der Waals surface area contributed by atoms with E-state index in [0.717, 1.165) is 0 Å². The van der Waals surface area contributed by atoms with E-state index < -0.39 is 188 Å². The summed E-state index contributed by atoms with van der Waals surface area (Å²) in [4.78, 5) is 13.2.